The van der Waals surface area contributed by atoms with Crippen molar-refractivity contribution in [1.29, 1.82) is 0 Å². The summed E-state index contributed by atoms with van der Waals surface area (Å²) in [4.78, 5) is 35.8. The molecule has 25 heavy (non-hydrogen) atoms. The monoisotopic (exact) mass is 364 g/mol. The predicted octanol–water partition coefficient (Wildman–Crippen LogP) is 0.649. The van der Waals surface area contributed by atoms with Crippen LogP contribution in [0.3, 0.4) is 0 Å². The molecule has 3 rings (SSSR count). The molecule has 3 amide bonds. The van der Waals surface area contributed by atoms with Gasteiger partial charge in [-0.25, -0.2) is 9.59 Å². The second-order valence-electron chi connectivity index (χ2n) is 5.47. The number of hydrogen-bond donors (Lipinski definition) is 2. The Bertz CT molecular complexity index is 753. The van der Waals surface area contributed by atoms with Crippen LogP contribution >= 0.6 is 11.3 Å². The Balaban J connectivity index is 1.48. The van der Waals surface area contributed by atoms with Crippen LogP contribution in [0.2, 0.25) is 0 Å². The third-order valence-electron chi connectivity index (χ3n) is 3.70. The molecule has 0 spiro atoms. The van der Waals surface area contributed by atoms with Gasteiger partial charge in [0.25, 0.3) is 5.91 Å². The van der Waals surface area contributed by atoms with Gasteiger partial charge in [0, 0.05) is 6.04 Å². The first-order valence-electron chi connectivity index (χ1n) is 7.72. The topological polar surface area (TPSA) is 128 Å². The van der Waals surface area contributed by atoms with Gasteiger partial charge in [-0.2, -0.15) is 4.68 Å². The lowest BCUT2D eigenvalue weighted by Crippen LogP contribution is -2.44. The van der Waals surface area contributed by atoms with E-state index >= 15 is 0 Å². The zero-order valence-corrected chi connectivity index (χ0v) is 14.0. The number of aromatic nitrogens is 4. The summed E-state index contributed by atoms with van der Waals surface area (Å²) in [5, 5.41) is 17.3. The number of imide groups is 1. The molecule has 11 heteroatoms. The number of rotatable bonds is 5. The number of tetrazole rings is 1. The van der Waals surface area contributed by atoms with Gasteiger partial charge >= 0.3 is 12.0 Å². The van der Waals surface area contributed by atoms with E-state index in [0.717, 1.165) is 37.0 Å². The molecule has 1 fully saturated rings. The third kappa shape index (κ3) is 4.38. The van der Waals surface area contributed by atoms with Gasteiger partial charge in [0.2, 0.25) is 0 Å². The van der Waals surface area contributed by atoms with Gasteiger partial charge < -0.3 is 10.1 Å². The fraction of sp³-hybridized carbons (Fsp3) is 0.429. The maximum Gasteiger partial charge on any atom is 0.351 e. The molecule has 0 bridgehead atoms. The van der Waals surface area contributed by atoms with Crippen LogP contribution in [0.4, 0.5) is 4.79 Å². The number of carbonyl (C=O) groups excluding carboxylic acids is 3. The predicted molar refractivity (Wildman–Crippen MR) is 86.2 cm³/mol. The van der Waals surface area contributed by atoms with Crippen LogP contribution in [0.1, 0.15) is 35.4 Å². The summed E-state index contributed by atoms with van der Waals surface area (Å²) in [5.41, 5.74) is 0.458. The summed E-state index contributed by atoms with van der Waals surface area (Å²) < 4.78 is 6.28. The molecular weight excluding hydrogens is 348 g/mol. The van der Waals surface area contributed by atoms with Crippen LogP contribution in [-0.4, -0.2) is 50.8 Å². The van der Waals surface area contributed by atoms with Crippen molar-refractivity contribution in [3.63, 3.8) is 0 Å². The van der Waals surface area contributed by atoms with E-state index in [1.807, 2.05) is 0 Å². The number of urea groups is 1. The molecular formula is C14H16N6O4S. The molecule has 1 aliphatic carbocycles. The van der Waals surface area contributed by atoms with Crippen molar-refractivity contribution in [2.24, 2.45) is 0 Å². The van der Waals surface area contributed by atoms with Crippen LogP contribution in [-0.2, 0) is 9.53 Å². The molecule has 2 heterocycles. The minimum absolute atomic E-state index is 0.0975. The highest BCUT2D eigenvalue weighted by Gasteiger charge is 2.20. The van der Waals surface area contributed by atoms with E-state index < -0.39 is 24.5 Å². The Labute approximate surface area is 146 Å². The summed E-state index contributed by atoms with van der Waals surface area (Å²) in [7, 11) is 0. The quantitative estimate of drug-likeness (QED) is 0.745. The summed E-state index contributed by atoms with van der Waals surface area (Å²) in [6, 6.07) is 1.19. The van der Waals surface area contributed by atoms with Gasteiger partial charge in [-0.15, -0.1) is 16.4 Å². The average Bonchev–Trinajstić information content (AvgIpc) is 3.32. The first kappa shape index (κ1) is 17.0. The fourth-order valence-corrected chi connectivity index (χ4v) is 3.33. The summed E-state index contributed by atoms with van der Waals surface area (Å²) in [6.45, 7) is -0.552. The van der Waals surface area contributed by atoms with E-state index in [1.54, 1.807) is 11.4 Å². The molecule has 2 aromatic heterocycles. The number of amides is 3. The molecule has 2 aromatic rings. The number of carbonyl (C=O) groups is 3. The van der Waals surface area contributed by atoms with Crippen molar-refractivity contribution in [1.82, 2.24) is 30.8 Å². The molecule has 132 valence electrons. The Morgan fingerprint density at radius 1 is 1.32 bits per heavy atom. The number of nitrogens with zero attached hydrogens (tertiary/aromatic N) is 4. The molecule has 0 atom stereocenters. The second kappa shape index (κ2) is 7.83. The van der Waals surface area contributed by atoms with Crippen molar-refractivity contribution in [2.45, 2.75) is 31.7 Å². The lowest BCUT2D eigenvalue weighted by Gasteiger charge is -2.12. The zero-order chi connectivity index (χ0) is 17.6. The maximum atomic E-state index is 12.1. The molecule has 0 unspecified atom stereocenters. The molecule has 1 saturated carbocycles. The molecule has 0 aliphatic heterocycles. The normalized spacial score (nSPS) is 14.2. The molecule has 2 N–H and O–H groups in total. The summed E-state index contributed by atoms with van der Waals surface area (Å²) in [5.74, 6) is -1.38. The zero-order valence-electron chi connectivity index (χ0n) is 13.2. The average molecular weight is 364 g/mol. The number of hydrogen-bond acceptors (Lipinski definition) is 8. The number of esters is 1. The van der Waals surface area contributed by atoms with Gasteiger partial charge in [0.1, 0.15) is 11.2 Å². The van der Waals surface area contributed by atoms with Crippen molar-refractivity contribution in [3.8, 4) is 5.69 Å². The Morgan fingerprint density at radius 3 is 2.84 bits per heavy atom. The summed E-state index contributed by atoms with van der Waals surface area (Å²) in [6.07, 6.45) is 5.31. The molecule has 0 aromatic carbocycles. The molecule has 1 aliphatic rings. The van der Waals surface area contributed by atoms with Gasteiger partial charge in [-0.1, -0.05) is 12.8 Å². The Hall–Kier alpha value is -2.82. The van der Waals surface area contributed by atoms with E-state index in [0.29, 0.717) is 5.69 Å². The second-order valence-corrected chi connectivity index (χ2v) is 6.38. The molecule has 0 saturated heterocycles. The first-order chi connectivity index (χ1) is 12.1. The van der Waals surface area contributed by atoms with Crippen molar-refractivity contribution in [3.05, 3.63) is 22.7 Å². The number of thiophene rings is 1. The Kier molecular flexibility index (Phi) is 5.33. The van der Waals surface area contributed by atoms with Crippen LogP contribution in [0, 0.1) is 0 Å². The number of ether oxygens (including phenoxy) is 1. The minimum Gasteiger partial charge on any atom is -0.451 e. The van der Waals surface area contributed by atoms with Gasteiger partial charge in [0.15, 0.2) is 6.61 Å². The highest BCUT2D eigenvalue weighted by atomic mass is 32.1. The lowest BCUT2D eigenvalue weighted by atomic mass is 10.2. The smallest absolute Gasteiger partial charge is 0.351 e. The van der Waals surface area contributed by atoms with Gasteiger partial charge in [-0.05, 0) is 34.7 Å². The summed E-state index contributed by atoms with van der Waals surface area (Å²) >= 11 is 1.14. The van der Waals surface area contributed by atoms with E-state index in [2.05, 4.69) is 26.2 Å². The van der Waals surface area contributed by atoms with Crippen molar-refractivity contribution < 1.29 is 19.1 Å². The largest absolute Gasteiger partial charge is 0.451 e. The van der Waals surface area contributed by atoms with Crippen LogP contribution in [0.25, 0.3) is 5.69 Å². The van der Waals surface area contributed by atoms with Crippen molar-refractivity contribution >= 4 is 29.2 Å². The van der Waals surface area contributed by atoms with E-state index in [-0.39, 0.29) is 10.9 Å². The van der Waals surface area contributed by atoms with Crippen LogP contribution < -0.4 is 10.6 Å². The maximum absolute atomic E-state index is 12.1. The lowest BCUT2D eigenvalue weighted by molar-refractivity contribution is -0.123. The van der Waals surface area contributed by atoms with E-state index in [9.17, 15) is 14.4 Å². The SMILES string of the molecule is O=C(COC(=O)c1sccc1-n1cnnn1)NC(=O)NC1CCCC1. The highest BCUT2D eigenvalue weighted by Crippen LogP contribution is 2.21. The molecule has 10 nitrogen and oxygen atoms in total. The van der Waals surface area contributed by atoms with E-state index in [1.165, 1.54) is 11.0 Å². The van der Waals surface area contributed by atoms with Crippen LogP contribution in [0.5, 0.6) is 0 Å². The van der Waals surface area contributed by atoms with Gasteiger partial charge in [0.05, 0.1) is 5.69 Å². The van der Waals surface area contributed by atoms with Gasteiger partial charge in [-0.3, -0.25) is 10.1 Å². The minimum atomic E-state index is -0.690. The Morgan fingerprint density at radius 2 is 2.12 bits per heavy atom. The first-order valence-corrected chi connectivity index (χ1v) is 8.60. The third-order valence-corrected chi connectivity index (χ3v) is 4.59. The standard InChI is InChI=1S/C14H16N6O4S/c21-11(17-14(23)16-9-3-1-2-4-9)7-24-13(22)12-10(5-6-25-12)20-8-15-18-19-20/h5-6,8-9H,1-4,7H2,(H2,16,17,21,23). The molecule has 0 radical (unpaired) electrons. The van der Waals surface area contributed by atoms with Crippen molar-refractivity contribution in [2.75, 3.05) is 6.61 Å². The van der Waals surface area contributed by atoms with Crippen LogP contribution in [0.15, 0.2) is 17.8 Å². The highest BCUT2D eigenvalue weighted by molar-refractivity contribution is 7.12. The van der Waals surface area contributed by atoms with E-state index in [4.69, 9.17) is 4.74 Å². The number of nitrogens with one attached hydrogen (secondary N) is 2. The fourth-order valence-electron chi connectivity index (χ4n) is 2.56.